The van der Waals surface area contributed by atoms with Gasteiger partial charge >= 0.3 is 6.03 Å². The number of nitrogens with one attached hydrogen (secondary N) is 3. The van der Waals surface area contributed by atoms with Gasteiger partial charge in [0.1, 0.15) is 5.69 Å². The van der Waals surface area contributed by atoms with E-state index >= 15 is 0 Å². The van der Waals surface area contributed by atoms with E-state index in [-0.39, 0.29) is 18.0 Å². The van der Waals surface area contributed by atoms with Crippen LogP contribution >= 0.6 is 0 Å². The number of carbonyl (C=O) groups excluding carboxylic acids is 2. The Morgan fingerprint density at radius 1 is 0.968 bits per heavy atom. The molecule has 3 amide bonds. The zero-order valence-electron chi connectivity index (χ0n) is 17.5. The first-order valence-corrected chi connectivity index (χ1v) is 9.97. The van der Waals surface area contributed by atoms with Crippen molar-refractivity contribution < 1.29 is 9.59 Å². The van der Waals surface area contributed by atoms with Gasteiger partial charge in [0.2, 0.25) is 0 Å². The third kappa shape index (κ3) is 7.02. The minimum Gasteiger partial charge on any atom is -0.336 e. The monoisotopic (exact) mass is 412 g/mol. The number of urea groups is 1. The van der Waals surface area contributed by atoms with E-state index < -0.39 is 0 Å². The standard InChI is InChI=1S/C25H24N4O2/c1-18(2)28-25(31)27-17-20-9-12-21(13-10-20)24(30)29-23-8-5-6-19(16-23)11-14-22-7-3-4-15-26-22/h3-10,12-13,15-16,18H,17H2,1-2H3,(H,29,30)(H2,27,28,31). The van der Waals surface area contributed by atoms with Gasteiger partial charge in [-0.2, -0.15) is 0 Å². The van der Waals surface area contributed by atoms with Crippen LogP contribution in [-0.4, -0.2) is 23.0 Å². The summed E-state index contributed by atoms with van der Waals surface area (Å²) >= 11 is 0. The molecule has 0 radical (unpaired) electrons. The van der Waals surface area contributed by atoms with Crippen molar-refractivity contribution >= 4 is 17.6 Å². The van der Waals surface area contributed by atoms with Gasteiger partial charge in [-0.05, 0) is 67.8 Å². The molecule has 0 atom stereocenters. The van der Waals surface area contributed by atoms with Crippen LogP contribution in [0.3, 0.4) is 0 Å². The second-order valence-electron chi connectivity index (χ2n) is 7.18. The molecule has 6 nitrogen and oxygen atoms in total. The predicted molar refractivity (Wildman–Crippen MR) is 122 cm³/mol. The fourth-order valence-corrected chi connectivity index (χ4v) is 2.72. The lowest BCUT2D eigenvalue weighted by molar-refractivity contribution is 0.102. The Hall–Kier alpha value is -4.11. The van der Waals surface area contributed by atoms with E-state index in [1.807, 2.05) is 68.4 Å². The molecule has 0 saturated carbocycles. The number of rotatable bonds is 5. The highest BCUT2D eigenvalue weighted by molar-refractivity contribution is 6.04. The second-order valence-corrected chi connectivity index (χ2v) is 7.18. The Morgan fingerprint density at radius 3 is 2.48 bits per heavy atom. The van der Waals surface area contributed by atoms with E-state index in [1.54, 1.807) is 18.3 Å². The van der Waals surface area contributed by atoms with Gasteiger partial charge in [-0.25, -0.2) is 9.78 Å². The van der Waals surface area contributed by atoms with E-state index in [9.17, 15) is 9.59 Å². The summed E-state index contributed by atoms with van der Waals surface area (Å²) in [5.74, 6) is 5.84. The van der Waals surface area contributed by atoms with Gasteiger partial charge in [0, 0.05) is 35.6 Å². The first-order chi connectivity index (χ1) is 15.0. The van der Waals surface area contributed by atoms with Crippen molar-refractivity contribution in [2.24, 2.45) is 0 Å². The summed E-state index contributed by atoms with van der Waals surface area (Å²) in [7, 11) is 0. The maximum Gasteiger partial charge on any atom is 0.315 e. The molecule has 0 aliphatic rings. The molecule has 0 bridgehead atoms. The summed E-state index contributed by atoms with van der Waals surface area (Å²) in [6.07, 6.45) is 1.70. The van der Waals surface area contributed by atoms with E-state index in [0.29, 0.717) is 23.5 Å². The van der Waals surface area contributed by atoms with Crippen LogP contribution in [0.25, 0.3) is 0 Å². The molecule has 1 aromatic heterocycles. The van der Waals surface area contributed by atoms with Crippen molar-refractivity contribution in [3.63, 3.8) is 0 Å². The number of aromatic nitrogens is 1. The minimum absolute atomic E-state index is 0.0746. The van der Waals surface area contributed by atoms with Crippen LogP contribution in [0.2, 0.25) is 0 Å². The predicted octanol–water partition coefficient (Wildman–Crippen LogP) is 3.94. The maximum absolute atomic E-state index is 12.6. The molecule has 0 aliphatic heterocycles. The quantitative estimate of drug-likeness (QED) is 0.555. The van der Waals surface area contributed by atoms with E-state index in [4.69, 9.17) is 0 Å². The number of amides is 3. The van der Waals surface area contributed by atoms with Crippen LogP contribution < -0.4 is 16.0 Å². The zero-order valence-corrected chi connectivity index (χ0v) is 17.5. The smallest absolute Gasteiger partial charge is 0.315 e. The number of nitrogens with zero attached hydrogens (tertiary/aromatic N) is 1. The summed E-state index contributed by atoms with van der Waals surface area (Å²) in [4.78, 5) is 28.4. The lowest BCUT2D eigenvalue weighted by Crippen LogP contribution is -2.39. The van der Waals surface area contributed by atoms with Crippen molar-refractivity contribution in [1.29, 1.82) is 0 Å². The molecule has 3 rings (SSSR count). The molecule has 0 spiro atoms. The molecule has 1 heterocycles. The number of hydrogen-bond acceptors (Lipinski definition) is 3. The Kier molecular flexibility index (Phi) is 7.39. The Morgan fingerprint density at radius 2 is 1.77 bits per heavy atom. The normalized spacial score (nSPS) is 10.0. The zero-order chi connectivity index (χ0) is 22.1. The van der Waals surface area contributed by atoms with Crippen LogP contribution in [0.5, 0.6) is 0 Å². The van der Waals surface area contributed by atoms with E-state index in [0.717, 1.165) is 11.1 Å². The van der Waals surface area contributed by atoms with Crippen molar-refractivity contribution in [1.82, 2.24) is 15.6 Å². The van der Waals surface area contributed by atoms with Gasteiger partial charge in [-0.1, -0.05) is 30.2 Å². The van der Waals surface area contributed by atoms with E-state index in [2.05, 4.69) is 32.8 Å². The van der Waals surface area contributed by atoms with E-state index in [1.165, 1.54) is 0 Å². The van der Waals surface area contributed by atoms with Crippen molar-refractivity contribution in [2.45, 2.75) is 26.4 Å². The number of pyridine rings is 1. The molecule has 0 unspecified atom stereocenters. The van der Waals surface area contributed by atoms with Crippen LogP contribution in [-0.2, 0) is 6.54 Å². The fourth-order valence-electron chi connectivity index (χ4n) is 2.72. The average molecular weight is 412 g/mol. The molecule has 6 heteroatoms. The average Bonchev–Trinajstić information content (AvgIpc) is 2.77. The summed E-state index contributed by atoms with van der Waals surface area (Å²) in [5, 5.41) is 8.43. The highest BCUT2D eigenvalue weighted by Gasteiger charge is 2.07. The Bertz CT molecular complexity index is 1100. The SMILES string of the molecule is CC(C)NC(=O)NCc1ccc(C(=O)Nc2cccc(C#Cc3ccccn3)c2)cc1. The number of anilines is 1. The molecular weight excluding hydrogens is 388 g/mol. The third-order valence-electron chi connectivity index (χ3n) is 4.21. The molecule has 3 N–H and O–H groups in total. The fraction of sp³-hybridized carbons (Fsp3) is 0.160. The summed E-state index contributed by atoms with van der Waals surface area (Å²) in [6.45, 7) is 4.18. The van der Waals surface area contributed by atoms with Crippen LogP contribution in [0, 0.1) is 11.8 Å². The number of hydrogen-bond donors (Lipinski definition) is 3. The first-order valence-electron chi connectivity index (χ1n) is 9.97. The highest BCUT2D eigenvalue weighted by Crippen LogP contribution is 2.13. The van der Waals surface area contributed by atoms with Gasteiger partial charge < -0.3 is 16.0 Å². The summed E-state index contributed by atoms with van der Waals surface area (Å²) in [5.41, 5.74) is 3.56. The van der Waals surface area contributed by atoms with Gasteiger partial charge in [0.05, 0.1) is 0 Å². The number of carbonyl (C=O) groups is 2. The van der Waals surface area contributed by atoms with Crippen molar-refractivity contribution in [3.05, 3.63) is 95.3 Å². The Balaban J connectivity index is 1.59. The van der Waals surface area contributed by atoms with Gasteiger partial charge in [0.15, 0.2) is 0 Å². The maximum atomic E-state index is 12.6. The van der Waals surface area contributed by atoms with Crippen molar-refractivity contribution in [3.8, 4) is 11.8 Å². The molecule has 31 heavy (non-hydrogen) atoms. The molecule has 0 aliphatic carbocycles. The van der Waals surface area contributed by atoms with Crippen LogP contribution in [0.15, 0.2) is 72.9 Å². The molecular formula is C25H24N4O2. The molecule has 156 valence electrons. The number of benzene rings is 2. The summed E-state index contributed by atoms with van der Waals surface area (Å²) < 4.78 is 0. The first kappa shape index (κ1) is 21.6. The third-order valence-corrected chi connectivity index (χ3v) is 4.21. The lowest BCUT2D eigenvalue weighted by atomic mass is 10.1. The second kappa shape index (κ2) is 10.6. The van der Waals surface area contributed by atoms with Gasteiger partial charge in [0.25, 0.3) is 5.91 Å². The van der Waals surface area contributed by atoms with Gasteiger partial charge in [-0.15, -0.1) is 0 Å². The molecule has 2 aromatic carbocycles. The van der Waals surface area contributed by atoms with Crippen LogP contribution in [0.1, 0.15) is 41.0 Å². The summed E-state index contributed by atoms with van der Waals surface area (Å²) in [6, 6.07) is 19.9. The Labute approximate surface area is 182 Å². The minimum atomic E-state index is -0.220. The topological polar surface area (TPSA) is 83.1 Å². The highest BCUT2D eigenvalue weighted by atomic mass is 16.2. The molecule has 0 saturated heterocycles. The molecule has 0 fully saturated rings. The molecule has 3 aromatic rings. The largest absolute Gasteiger partial charge is 0.336 e. The van der Waals surface area contributed by atoms with Crippen LogP contribution in [0.4, 0.5) is 10.5 Å². The van der Waals surface area contributed by atoms with Crippen molar-refractivity contribution in [2.75, 3.05) is 5.32 Å². The van der Waals surface area contributed by atoms with Gasteiger partial charge in [-0.3, -0.25) is 4.79 Å². The lowest BCUT2D eigenvalue weighted by Gasteiger charge is -2.10.